The monoisotopic (exact) mass is 297 g/mol. The van der Waals surface area contributed by atoms with Crippen LogP contribution in [0.1, 0.15) is 35.2 Å². The van der Waals surface area contributed by atoms with Gasteiger partial charge in [-0.3, -0.25) is 4.79 Å². The third-order valence-electron chi connectivity index (χ3n) is 3.21. The molecule has 1 aliphatic rings. The number of hydrogen-bond acceptors (Lipinski definition) is 4. The molecule has 110 valence electrons. The molecule has 5 nitrogen and oxygen atoms in total. The lowest BCUT2D eigenvalue weighted by molar-refractivity contribution is 0.0304. The summed E-state index contributed by atoms with van der Waals surface area (Å²) in [4.78, 5) is 11.9. The van der Waals surface area contributed by atoms with E-state index < -0.39 is 15.9 Å². The van der Waals surface area contributed by atoms with E-state index in [2.05, 4.69) is 4.72 Å². The van der Waals surface area contributed by atoms with Gasteiger partial charge in [0.2, 0.25) is 10.0 Å². The zero-order chi connectivity index (χ0) is 14.6. The van der Waals surface area contributed by atoms with Crippen LogP contribution in [0.15, 0.2) is 24.3 Å². The van der Waals surface area contributed by atoms with Gasteiger partial charge in [0.15, 0.2) is 0 Å². The predicted octanol–water partition coefficient (Wildman–Crippen LogP) is 1.62. The van der Waals surface area contributed by atoms with Crippen LogP contribution in [0.2, 0.25) is 0 Å². The Labute approximate surface area is 119 Å². The average molecular weight is 297 g/mol. The molecule has 0 spiro atoms. The van der Waals surface area contributed by atoms with Gasteiger partial charge in [0.1, 0.15) is 0 Å². The average Bonchev–Trinajstić information content (AvgIpc) is 2.38. The second-order valence-electron chi connectivity index (χ2n) is 5.07. The van der Waals surface area contributed by atoms with E-state index in [4.69, 9.17) is 4.74 Å². The molecule has 1 amide bonds. The summed E-state index contributed by atoms with van der Waals surface area (Å²) in [6, 6.07) is 6.82. The number of rotatable bonds is 4. The fourth-order valence-electron chi connectivity index (χ4n) is 2.21. The van der Waals surface area contributed by atoms with E-state index in [0.29, 0.717) is 12.2 Å². The van der Waals surface area contributed by atoms with Gasteiger partial charge in [0.25, 0.3) is 5.91 Å². The Morgan fingerprint density at radius 1 is 1.40 bits per heavy atom. The van der Waals surface area contributed by atoms with E-state index in [1.165, 1.54) is 0 Å². The smallest absolute Gasteiger partial charge is 0.264 e. The Balaban J connectivity index is 1.98. The van der Waals surface area contributed by atoms with E-state index >= 15 is 0 Å². The molecule has 0 unspecified atom stereocenters. The molecule has 1 heterocycles. The van der Waals surface area contributed by atoms with Crippen molar-refractivity contribution in [1.29, 1.82) is 0 Å². The van der Waals surface area contributed by atoms with E-state index in [9.17, 15) is 13.2 Å². The summed E-state index contributed by atoms with van der Waals surface area (Å²) in [7, 11) is -3.67. The summed E-state index contributed by atoms with van der Waals surface area (Å²) in [5.41, 5.74) is 1.25. The van der Waals surface area contributed by atoms with Crippen LogP contribution in [0.5, 0.6) is 0 Å². The number of ether oxygens (including phenoxy) is 1. The second kappa shape index (κ2) is 6.37. The number of benzene rings is 1. The molecular formula is C14H19NO4S. The van der Waals surface area contributed by atoms with Crippen molar-refractivity contribution in [3.63, 3.8) is 0 Å². The Bertz CT molecular complexity index is 577. The van der Waals surface area contributed by atoms with Gasteiger partial charge >= 0.3 is 0 Å². The van der Waals surface area contributed by atoms with Gasteiger partial charge < -0.3 is 4.74 Å². The number of carbonyl (C=O) groups excluding carboxylic acids is 1. The Morgan fingerprint density at radius 2 is 2.20 bits per heavy atom. The predicted molar refractivity (Wildman–Crippen MR) is 76.0 cm³/mol. The molecule has 1 saturated heterocycles. The highest BCUT2D eigenvalue weighted by atomic mass is 32.2. The molecule has 2 rings (SSSR count). The van der Waals surface area contributed by atoms with Crippen LogP contribution in [-0.2, 0) is 14.8 Å². The van der Waals surface area contributed by atoms with E-state index in [0.717, 1.165) is 24.8 Å². The molecule has 0 aromatic heterocycles. The van der Waals surface area contributed by atoms with Gasteiger partial charge in [-0.05, 0) is 38.3 Å². The minimum atomic E-state index is -3.67. The summed E-state index contributed by atoms with van der Waals surface area (Å²) in [5, 5.41) is 0. The Morgan fingerprint density at radius 3 is 2.85 bits per heavy atom. The highest BCUT2D eigenvalue weighted by molar-refractivity contribution is 7.90. The SMILES string of the molecule is Cc1cccc(C(=O)NS(=O)(=O)C[C@@H]2CCCCO2)c1. The van der Waals surface area contributed by atoms with Gasteiger partial charge in [-0.1, -0.05) is 17.7 Å². The highest BCUT2D eigenvalue weighted by Gasteiger charge is 2.24. The molecule has 0 aliphatic carbocycles. The summed E-state index contributed by atoms with van der Waals surface area (Å²) >= 11 is 0. The first-order valence-corrected chi connectivity index (χ1v) is 8.34. The van der Waals surface area contributed by atoms with Crippen molar-refractivity contribution in [3.8, 4) is 0 Å². The fraction of sp³-hybridized carbons (Fsp3) is 0.500. The molecule has 1 atom stereocenters. The van der Waals surface area contributed by atoms with Gasteiger partial charge in [-0.25, -0.2) is 13.1 Å². The molecule has 20 heavy (non-hydrogen) atoms. The van der Waals surface area contributed by atoms with Gasteiger partial charge in [0.05, 0.1) is 11.9 Å². The fourth-order valence-corrected chi connectivity index (χ4v) is 3.45. The van der Waals surface area contributed by atoms with E-state index in [1.54, 1.807) is 18.2 Å². The quantitative estimate of drug-likeness (QED) is 0.916. The van der Waals surface area contributed by atoms with Gasteiger partial charge in [0, 0.05) is 12.2 Å². The van der Waals surface area contributed by atoms with Gasteiger partial charge in [-0.2, -0.15) is 0 Å². The molecule has 0 bridgehead atoms. The summed E-state index contributed by atoms with van der Waals surface area (Å²) < 4.78 is 31.4. The lowest BCUT2D eigenvalue weighted by Crippen LogP contribution is -2.38. The molecule has 1 fully saturated rings. The first kappa shape index (κ1) is 15.0. The standard InChI is InChI=1S/C14H19NO4S/c1-11-5-4-6-12(9-11)14(16)15-20(17,18)10-13-7-2-3-8-19-13/h4-6,9,13H,2-3,7-8,10H2,1H3,(H,15,16)/t13-/m0/s1. The van der Waals surface area contributed by atoms with Crippen molar-refractivity contribution in [2.24, 2.45) is 0 Å². The first-order valence-electron chi connectivity index (χ1n) is 6.69. The van der Waals surface area contributed by atoms with Crippen LogP contribution < -0.4 is 4.72 Å². The van der Waals surface area contributed by atoms with Crippen molar-refractivity contribution in [1.82, 2.24) is 4.72 Å². The van der Waals surface area contributed by atoms with E-state index in [1.807, 2.05) is 13.0 Å². The number of nitrogens with one attached hydrogen (secondary N) is 1. The van der Waals surface area contributed by atoms with Crippen molar-refractivity contribution < 1.29 is 17.9 Å². The molecule has 6 heteroatoms. The minimum absolute atomic E-state index is 0.162. The molecule has 0 radical (unpaired) electrons. The summed E-state index contributed by atoms with van der Waals surface area (Å²) in [6.07, 6.45) is 2.34. The van der Waals surface area contributed by atoms with Crippen LogP contribution in [0.25, 0.3) is 0 Å². The minimum Gasteiger partial charge on any atom is -0.377 e. The second-order valence-corrected chi connectivity index (χ2v) is 6.84. The topological polar surface area (TPSA) is 72.5 Å². The van der Waals surface area contributed by atoms with Crippen LogP contribution in [0, 0.1) is 6.92 Å². The zero-order valence-electron chi connectivity index (χ0n) is 11.5. The third kappa shape index (κ3) is 4.31. The number of amides is 1. The van der Waals surface area contributed by atoms with E-state index in [-0.39, 0.29) is 11.9 Å². The van der Waals surface area contributed by atoms with Crippen molar-refractivity contribution in [2.45, 2.75) is 32.3 Å². The van der Waals surface area contributed by atoms with Crippen molar-refractivity contribution >= 4 is 15.9 Å². The maximum Gasteiger partial charge on any atom is 0.264 e. The third-order valence-corrected chi connectivity index (χ3v) is 4.51. The molecule has 1 aliphatic heterocycles. The maximum absolute atomic E-state index is 12.0. The van der Waals surface area contributed by atoms with Crippen LogP contribution >= 0.6 is 0 Å². The van der Waals surface area contributed by atoms with Crippen molar-refractivity contribution in [3.05, 3.63) is 35.4 Å². The largest absolute Gasteiger partial charge is 0.377 e. The molecule has 1 N–H and O–H groups in total. The molecule has 0 saturated carbocycles. The lowest BCUT2D eigenvalue weighted by atomic mass is 10.1. The van der Waals surface area contributed by atoms with Crippen molar-refractivity contribution in [2.75, 3.05) is 12.4 Å². The zero-order valence-corrected chi connectivity index (χ0v) is 12.3. The number of sulfonamides is 1. The molecular weight excluding hydrogens is 278 g/mol. The summed E-state index contributed by atoms with van der Waals surface area (Å²) in [6.45, 7) is 2.44. The Kier molecular flexibility index (Phi) is 4.77. The Hall–Kier alpha value is -1.40. The lowest BCUT2D eigenvalue weighted by Gasteiger charge is -2.22. The highest BCUT2D eigenvalue weighted by Crippen LogP contribution is 2.14. The van der Waals surface area contributed by atoms with Crippen LogP contribution in [-0.4, -0.2) is 32.8 Å². The van der Waals surface area contributed by atoms with Gasteiger partial charge in [-0.15, -0.1) is 0 Å². The van der Waals surface area contributed by atoms with Crippen LogP contribution in [0.3, 0.4) is 0 Å². The van der Waals surface area contributed by atoms with Crippen LogP contribution in [0.4, 0.5) is 0 Å². The molecule has 1 aromatic carbocycles. The normalized spacial score (nSPS) is 19.6. The maximum atomic E-state index is 12.0. The summed E-state index contributed by atoms with van der Waals surface area (Å²) in [5.74, 6) is -0.755. The molecule has 1 aromatic rings. The number of aryl methyl sites for hydroxylation is 1. The number of hydrogen-bond donors (Lipinski definition) is 1. The first-order chi connectivity index (χ1) is 9.46. The number of carbonyl (C=O) groups is 1.